The summed E-state index contributed by atoms with van der Waals surface area (Å²) in [5.41, 5.74) is 0. The van der Waals surface area contributed by atoms with Crippen molar-refractivity contribution < 1.29 is 5.11 Å². The van der Waals surface area contributed by atoms with Gasteiger partial charge < -0.3 is 5.11 Å². The Bertz CT molecular complexity index is 116. The Kier molecular flexibility index (Phi) is 7.16. The number of allylic oxidation sites excluding steroid dienone is 2. The Morgan fingerprint density at radius 2 is 2.18 bits per heavy atom. The molecule has 0 amide bonds. The summed E-state index contributed by atoms with van der Waals surface area (Å²) in [4.78, 5) is 0. The predicted octanol–water partition coefficient (Wildman–Crippen LogP) is 2.67. The highest BCUT2D eigenvalue weighted by Gasteiger charge is 1.96. The summed E-state index contributed by atoms with van der Waals surface area (Å²) in [5.74, 6) is 0. The van der Waals surface area contributed by atoms with Crippen LogP contribution in [0.15, 0.2) is 24.8 Å². The molecule has 0 saturated heterocycles. The molecule has 0 aliphatic heterocycles. The lowest BCUT2D eigenvalue weighted by atomic mass is 10.1. The average Bonchev–Trinajstić information content (AvgIpc) is 2.01. The molecular formula is C10H18O. The molecule has 0 aromatic heterocycles. The van der Waals surface area contributed by atoms with Crippen molar-refractivity contribution in [2.45, 2.75) is 38.7 Å². The van der Waals surface area contributed by atoms with Gasteiger partial charge in [0, 0.05) is 0 Å². The summed E-state index contributed by atoms with van der Waals surface area (Å²) < 4.78 is 0. The molecule has 0 rings (SSSR count). The van der Waals surface area contributed by atoms with Crippen LogP contribution in [-0.4, -0.2) is 11.2 Å². The van der Waals surface area contributed by atoms with Crippen LogP contribution in [0.5, 0.6) is 0 Å². The average molecular weight is 154 g/mol. The lowest BCUT2D eigenvalue weighted by Gasteiger charge is -2.02. The SMILES string of the molecule is C=CC=CC(O)CCCCC. The number of unbranched alkanes of at least 4 members (excludes halogenated alkanes) is 2. The summed E-state index contributed by atoms with van der Waals surface area (Å²) in [7, 11) is 0. The number of hydrogen-bond donors (Lipinski definition) is 1. The number of aliphatic hydroxyl groups is 1. The quantitative estimate of drug-likeness (QED) is 0.460. The lowest BCUT2D eigenvalue weighted by molar-refractivity contribution is 0.208. The number of rotatable bonds is 6. The first-order chi connectivity index (χ1) is 5.31. The summed E-state index contributed by atoms with van der Waals surface area (Å²) in [5, 5.41) is 9.27. The van der Waals surface area contributed by atoms with Gasteiger partial charge in [-0.25, -0.2) is 0 Å². The molecule has 0 radical (unpaired) electrons. The molecule has 1 nitrogen and oxygen atoms in total. The first-order valence-electron chi connectivity index (χ1n) is 4.28. The van der Waals surface area contributed by atoms with Crippen LogP contribution < -0.4 is 0 Å². The van der Waals surface area contributed by atoms with Gasteiger partial charge in [-0.1, -0.05) is 51.0 Å². The third kappa shape index (κ3) is 7.34. The van der Waals surface area contributed by atoms with Crippen LogP contribution >= 0.6 is 0 Å². The summed E-state index contributed by atoms with van der Waals surface area (Å²) in [6.45, 7) is 5.69. The second kappa shape index (κ2) is 7.55. The van der Waals surface area contributed by atoms with Gasteiger partial charge >= 0.3 is 0 Å². The van der Waals surface area contributed by atoms with Crippen molar-refractivity contribution in [3.05, 3.63) is 24.8 Å². The molecule has 1 N–H and O–H groups in total. The molecule has 0 spiro atoms. The van der Waals surface area contributed by atoms with Crippen molar-refractivity contribution in [1.82, 2.24) is 0 Å². The molecule has 0 fully saturated rings. The van der Waals surface area contributed by atoms with Gasteiger partial charge in [-0.05, 0) is 6.42 Å². The molecule has 1 atom stereocenters. The van der Waals surface area contributed by atoms with Crippen LogP contribution in [0, 0.1) is 0 Å². The minimum absolute atomic E-state index is 0.278. The third-order valence-electron chi connectivity index (χ3n) is 1.57. The Morgan fingerprint density at radius 1 is 1.45 bits per heavy atom. The zero-order chi connectivity index (χ0) is 8.53. The summed E-state index contributed by atoms with van der Waals surface area (Å²) in [6.07, 6.45) is 9.37. The smallest absolute Gasteiger partial charge is 0.0723 e. The molecule has 1 heteroatoms. The maximum Gasteiger partial charge on any atom is 0.0723 e. The van der Waals surface area contributed by atoms with Crippen LogP contribution in [0.4, 0.5) is 0 Å². The van der Waals surface area contributed by atoms with E-state index in [0.29, 0.717) is 0 Å². The summed E-state index contributed by atoms with van der Waals surface area (Å²) in [6, 6.07) is 0. The van der Waals surface area contributed by atoms with Crippen LogP contribution in [0.25, 0.3) is 0 Å². The largest absolute Gasteiger partial charge is 0.389 e. The van der Waals surface area contributed by atoms with Crippen LogP contribution in [0.1, 0.15) is 32.6 Å². The second-order valence-corrected chi connectivity index (χ2v) is 2.68. The molecule has 0 saturated carbocycles. The zero-order valence-electron chi connectivity index (χ0n) is 7.29. The first-order valence-corrected chi connectivity index (χ1v) is 4.28. The number of hydrogen-bond acceptors (Lipinski definition) is 1. The predicted molar refractivity (Wildman–Crippen MR) is 49.5 cm³/mol. The Balaban J connectivity index is 3.28. The van der Waals surface area contributed by atoms with E-state index in [0.717, 1.165) is 12.8 Å². The fraction of sp³-hybridized carbons (Fsp3) is 0.600. The van der Waals surface area contributed by atoms with Crippen LogP contribution in [0.3, 0.4) is 0 Å². The van der Waals surface area contributed by atoms with Gasteiger partial charge in [0.2, 0.25) is 0 Å². The lowest BCUT2D eigenvalue weighted by Crippen LogP contribution is -2.00. The highest BCUT2D eigenvalue weighted by Crippen LogP contribution is 2.03. The fourth-order valence-corrected chi connectivity index (χ4v) is 0.907. The number of aliphatic hydroxyl groups excluding tert-OH is 1. The highest BCUT2D eigenvalue weighted by molar-refractivity contribution is 5.00. The molecule has 11 heavy (non-hydrogen) atoms. The van der Waals surface area contributed by atoms with Gasteiger partial charge in [-0.2, -0.15) is 0 Å². The topological polar surface area (TPSA) is 20.2 Å². The van der Waals surface area contributed by atoms with E-state index in [1.807, 2.05) is 0 Å². The molecule has 0 bridgehead atoms. The molecule has 0 aliphatic rings. The zero-order valence-corrected chi connectivity index (χ0v) is 7.29. The molecule has 0 heterocycles. The highest BCUT2D eigenvalue weighted by atomic mass is 16.3. The molecule has 0 aromatic rings. The molecule has 64 valence electrons. The maximum absolute atomic E-state index is 9.27. The molecule has 0 aromatic carbocycles. The van der Waals surface area contributed by atoms with Gasteiger partial charge in [-0.15, -0.1) is 0 Å². The van der Waals surface area contributed by atoms with E-state index < -0.39 is 0 Å². The van der Waals surface area contributed by atoms with Crippen LogP contribution in [0.2, 0.25) is 0 Å². The van der Waals surface area contributed by atoms with Crippen LogP contribution in [-0.2, 0) is 0 Å². The Morgan fingerprint density at radius 3 is 2.73 bits per heavy atom. The summed E-state index contributed by atoms with van der Waals surface area (Å²) >= 11 is 0. The van der Waals surface area contributed by atoms with E-state index in [4.69, 9.17) is 0 Å². The minimum Gasteiger partial charge on any atom is -0.389 e. The molecular weight excluding hydrogens is 136 g/mol. The molecule has 1 unspecified atom stereocenters. The van der Waals surface area contributed by atoms with Gasteiger partial charge in [0.1, 0.15) is 0 Å². The third-order valence-corrected chi connectivity index (χ3v) is 1.57. The van der Waals surface area contributed by atoms with Crippen molar-refractivity contribution in [3.8, 4) is 0 Å². The van der Waals surface area contributed by atoms with Gasteiger partial charge in [0.15, 0.2) is 0 Å². The van der Waals surface area contributed by atoms with Crippen molar-refractivity contribution in [2.24, 2.45) is 0 Å². The Hall–Kier alpha value is -0.560. The van der Waals surface area contributed by atoms with Gasteiger partial charge in [-0.3, -0.25) is 0 Å². The van der Waals surface area contributed by atoms with Crippen molar-refractivity contribution in [1.29, 1.82) is 0 Å². The fourth-order valence-electron chi connectivity index (χ4n) is 0.907. The van der Waals surface area contributed by atoms with Crippen molar-refractivity contribution >= 4 is 0 Å². The molecule has 0 aliphatic carbocycles. The van der Waals surface area contributed by atoms with E-state index in [1.165, 1.54) is 12.8 Å². The van der Waals surface area contributed by atoms with E-state index in [9.17, 15) is 5.11 Å². The van der Waals surface area contributed by atoms with E-state index in [-0.39, 0.29) is 6.10 Å². The van der Waals surface area contributed by atoms with Crippen molar-refractivity contribution in [2.75, 3.05) is 0 Å². The van der Waals surface area contributed by atoms with Crippen molar-refractivity contribution in [3.63, 3.8) is 0 Å². The van der Waals surface area contributed by atoms with Gasteiger partial charge in [0.05, 0.1) is 6.10 Å². The maximum atomic E-state index is 9.27. The standard InChI is InChI=1S/C10H18O/c1-3-5-7-9-10(11)8-6-4-2/h4,6,8,10-11H,2-3,5,7,9H2,1H3. The van der Waals surface area contributed by atoms with Gasteiger partial charge in [0.25, 0.3) is 0 Å². The Labute approximate surface area is 69.4 Å². The second-order valence-electron chi connectivity index (χ2n) is 2.68. The van der Waals surface area contributed by atoms with E-state index in [2.05, 4.69) is 13.5 Å². The normalized spacial score (nSPS) is 13.6. The minimum atomic E-state index is -0.278. The van der Waals surface area contributed by atoms with E-state index in [1.54, 1.807) is 18.2 Å². The monoisotopic (exact) mass is 154 g/mol. The van der Waals surface area contributed by atoms with E-state index >= 15 is 0 Å². The first kappa shape index (κ1) is 10.4.